The largest absolute Gasteiger partial charge is 0.322 e. The lowest BCUT2D eigenvalue weighted by atomic mass is 10.2. The molecule has 0 spiro atoms. The van der Waals surface area contributed by atoms with Gasteiger partial charge >= 0.3 is 0 Å². The van der Waals surface area contributed by atoms with E-state index >= 15 is 0 Å². The molecule has 2 aromatic carbocycles. The van der Waals surface area contributed by atoms with Crippen molar-refractivity contribution in [2.24, 2.45) is 0 Å². The smallest absolute Gasteiger partial charge is 0.255 e. The van der Waals surface area contributed by atoms with Crippen molar-refractivity contribution in [1.29, 1.82) is 0 Å². The number of halogens is 3. The van der Waals surface area contributed by atoms with E-state index in [9.17, 15) is 22.0 Å². The van der Waals surface area contributed by atoms with Gasteiger partial charge < -0.3 is 10.2 Å². The van der Waals surface area contributed by atoms with Crippen LogP contribution in [0.15, 0.2) is 41.3 Å². The van der Waals surface area contributed by atoms with Crippen LogP contribution in [-0.2, 0) is 10.0 Å². The van der Waals surface area contributed by atoms with Gasteiger partial charge in [-0.3, -0.25) is 4.79 Å². The van der Waals surface area contributed by atoms with E-state index in [1.807, 2.05) is 11.9 Å². The number of anilines is 1. The first-order valence-electron chi connectivity index (χ1n) is 8.43. The summed E-state index contributed by atoms with van der Waals surface area (Å²) in [6.45, 7) is 1.82. The second-order valence-corrected chi connectivity index (χ2v) is 8.75. The monoisotopic (exact) mass is 429 g/mol. The number of nitrogens with zero attached hydrogens (tertiary/aromatic N) is 2. The standard InChI is InChI=1S/C18H18ClF2N3O3S/c1-23-6-8-24(9-7-23)28(26,27)17-10-12(2-4-14(17)19)18(25)22-13-3-5-15(20)16(21)11-13/h2-5,10-11H,6-9H2,1H3,(H,22,25). The molecule has 0 radical (unpaired) electrons. The predicted octanol–water partition coefficient (Wildman–Crippen LogP) is 2.81. The molecule has 0 unspecified atom stereocenters. The Labute approximate surface area is 166 Å². The molecule has 0 bridgehead atoms. The lowest BCUT2D eigenvalue weighted by Crippen LogP contribution is -2.47. The Morgan fingerprint density at radius 2 is 1.71 bits per heavy atom. The lowest BCUT2D eigenvalue weighted by molar-refractivity contribution is 0.102. The van der Waals surface area contributed by atoms with Gasteiger partial charge in [0, 0.05) is 43.5 Å². The van der Waals surface area contributed by atoms with E-state index in [2.05, 4.69) is 5.32 Å². The van der Waals surface area contributed by atoms with E-state index < -0.39 is 27.6 Å². The van der Waals surface area contributed by atoms with Gasteiger partial charge in [0.05, 0.1) is 5.02 Å². The summed E-state index contributed by atoms with van der Waals surface area (Å²) < 4.78 is 53.5. The third kappa shape index (κ3) is 4.33. The van der Waals surface area contributed by atoms with Crippen LogP contribution in [0.1, 0.15) is 10.4 Å². The molecular formula is C18H18ClF2N3O3S. The van der Waals surface area contributed by atoms with Gasteiger partial charge in [-0.15, -0.1) is 0 Å². The minimum absolute atomic E-state index is 0.00306. The molecule has 1 aliphatic heterocycles. The molecule has 28 heavy (non-hydrogen) atoms. The van der Waals surface area contributed by atoms with Crippen LogP contribution in [0.25, 0.3) is 0 Å². The van der Waals surface area contributed by atoms with E-state index in [4.69, 9.17) is 11.6 Å². The summed E-state index contributed by atoms with van der Waals surface area (Å²) in [4.78, 5) is 14.3. The molecule has 1 aliphatic rings. The van der Waals surface area contributed by atoms with Crippen LogP contribution in [-0.4, -0.2) is 56.8 Å². The zero-order valence-electron chi connectivity index (χ0n) is 15.0. The highest BCUT2D eigenvalue weighted by Gasteiger charge is 2.30. The molecule has 2 aromatic rings. The maximum atomic E-state index is 13.3. The third-order valence-electron chi connectivity index (χ3n) is 4.45. The molecule has 0 aromatic heterocycles. The van der Waals surface area contributed by atoms with E-state index in [0.29, 0.717) is 26.2 Å². The van der Waals surface area contributed by atoms with Crippen molar-refractivity contribution in [2.45, 2.75) is 4.90 Å². The number of nitrogens with one attached hydrogen (secondary N) is 1. The highest BCUT2D eigenvalue weighted by atomic mass is 35.5. The number of carbonyl (C=O) groups is 1. The predicted molar refractivity (Wildman–Crippen MR) is 102 cm³/mol. The minimum Gasteiger partial charge on any atom is -0.322 e. The third-order valence-corrected chi connectivity index (χ3v) is 6.83. The molecule has 150 valence electrons. The summed E-state index contributed by atoms with van der Waals surface area (Å²) in [7, 11) is -1.97. The van der Waals surface area contributed by atoms with Crippen molar-refractivity contribution in [3.05, 3.63) is 58.6 Å². The SMILES string of the molecule is CN1CCN(S(=O)(=O)c2cc(C(=O)Nc3ccc(F)c(F)c3)ccc2Cl)CC1. The molecule has 10 heteroatoms. The molecule has 0 aliphatic carbocycles. The van der Waals surface area contributed by atoms with Gasteiger partial charge in [-0.25, -0.2) is 17.2 Å². The zero-order valence-corrected chi connectivity index (χ0v) is 16.5. The van der Waals surface area contributed by atoms with Crippen LogP contribution in [0.4, 0.5) is 14.5 Å². The van der Waals surface area contributed by atoms with Crippen LogP contribution in [0.3, 0.4) is 0 Å². The summed E-state index contributed by atoms with van der Waals surface area (Å²) in [5.74, 6) is -2.81. The van der Waals surface area contributed by atoms with Crippen LogP contribution in [0.5, 0.6) is 0 Å². The first-order valence-corrected chi connectivity index (χ1v) is 10.2. The first-order chi connectivity index (χ1) is 13.2. The van der Waals surface area contributed by atoms with Crippen LogP contribution < -0.4 is 5.32 Å². The number of sulfonamides is 1. The summed E-state index contributed by atoms with van der Waals surface area (Å²) in [5.41, 5.74) is 0.0733. The fourth-order valence-corrected chi connectivity index (χ4v) is 4.71. The van der Waals surface area contributed by atoms with Crippen LogP contribution in [0.2, 0.25) is 5.02 Å². The van der Waals surface area contributed by atoms with Crippen molar-refractivity contribution in [3.8, 4) is 0 Å². The summed E-state index contributed by atoms with van der Waals surface area (Å²) in [5, 5.41) is 2.41. The molecule has 0 atom stereocenters. The number of amides is 1. The highest BCUT2D eigenvalue weighted by Crippen LogP contribution is 2.27. The Hall–Kier alpha value is -2.07. The Kier molecular flexibility index (Phi) is 5.99. The number of benzene rings is 2. The second-order valence-electron chi connectivity index (χ2n) is 6.44. The lowest BCUT2D eigenvalue weighted by Gasteiger charge is -2.31. The Bertz CT molecular complexity index is 1010. The molecule has 1 amide bonds. The molecular weight excluding hydrogens is 412 g/mol. The number of likely N-dealkylation sites (N-methyl/N-ethyl adjacent to an activating group) is 1. The van der Waals surface area contributed by atoms with Gasteiger partial charge in [0.25, 0.3) is 5.91 Å². The van der Waals surface area contributed by atoms with E-state index in [1.165, 1.54) is 28.6 Å². The van der Waals surface area contributed by atoms with E-state index in [1.54, 1.807) is 0 Å². The molecule has 1 saturated heterocycles. The summed E-state index contributed by atoms with van der Waals surface area (Å²) in [6.07, 6.45) is 0. The van der Waals surface area contributed by atoms with Gasteiger partial charge in [0.2, 0.25) is 10.0 Å². The van der Waals surface area contributed by atoms with Crippen molar-refractivity contribution in [3.63, 3.8) is 0 Å². The fraction of sp³-hybridized carbons (Fsp3) is 0.278. The number of carbonyl (C=O) groups excluding carboxylic acids is 1. The van der Waals surface area contributed by atoms with Gasteiger partial charge in [-0.2, -0.15) is 4.31 Å². The highest BCUT2D eigenvalue weighted by molar-refractivity contribution is 7.89. The average Bonchev–Trinajstić information content (AvgIpc) is 2.65. The molecule has 1 N–H and O–H groups in total. The second kappa shape index (κ2) is 8.12. The van der Waals surface area contributed by atoms with Gasteiger partial charge in [0.1, 0.15) is 4.90 Å². The molecule has 0 saturated carbocycles. The van der Waals surface area contributed by atoms with Gasteiger partial charge in [0.15, 0.2) is 11.6 Å². The Morgan fingerprint density at radius 1 is 1.04 bits per heavy atom. The molecule has 1 fully saturated rings. The number of hydrogen-bond acceptors (Lipinski definition) is 4. The van der Waals surface area contributed by atoms with E-state index in [0.717, 1.165) is 12.1 Å². The summed E-state index contributed by atoms with van der Waals surface area (Å²) >= 11 is 6.09. The van der Waals surface area contributed by atoms with Crippen molar-refractivity contribution in [2.75, 3.05) is 38.5 Å². The summed E-state index contributed by atoms with van der Waals surface area (Å²) in [6, 6.07) is 6.80. The Morgan fingerprint density at radius 3 is 2.36 bits per heavy atom. The maximum absolute atomic E-state index is 13.3. The average molecular weight is 430 g/mol. The molecule has 6 nitrogen and oxygen atoms in total. The van der Waals surface area contributed by atoms with Crippen molar-refractivity contribution < 1.29 is 22.0 Å². The minimum atomic E-state index is -3.87. The number of rotatable bonds is 4. The van der Waals surface area contributed by atoms with E-state index in [-0.39, 0.29) is 21.2 Å². The quantitative estimate of drug-likeness (QED) is 0.811. The normalized spacial score (nSPS) is 16.1. The van der Waals surface area contributed by atoms with Crippen LogP contribution in [0, 0.1) is 11.6 Å². The number of piperazine rings is 1. The van der Waals surface area contributed by atoms with Crippen molar-refractivity contribution >= 4 is 33.2 Å². The topological polar surface area (TPSA) is 69.7 Å². The van der Waals surface area contributed by atoms with Crippen LogP contribution >= 0.6 is 11.6 Å². The maximum Gasteiger partial charge on any atom is 0.255 e. The molecule has 3 rings (SSSR count). The fourth-order valence-electron chi connectivity index (χ4n) is 2.79. The first kappa shape index (κ1) is 20.7. The van der Waals surface area contributed by atoms with Crippen molar-refractivity contribution in [1.82, 2.24) is 9.21 Å². The Balaban J connectivity index is 1.86. The number of hydrogen-bond donors (Lipinski definition) is 1. The van der Waals surface area contributed by atoms with Gasteiger partial charge in [-0.1, -0.05) is 11.6 Å². The van der Waals surface area contributed by atoms with Gasteiger partial charge in [-0.05, 0) is 37.4 Å². The molecule has 1 heterocycles. The zero-order chi connectivity index (χ0) is 20.5.